The fourth-order valence-corrected chi connectivity index (χ4v) is 1.99. The molecule has 2 N–H and O–H groups in total. The second-order valence-corrected chi connectivity index (χ2v) is 4.51. The van der Waals surface area contributed by atoms with Crippen LogP contribution in [-0.4, -0.2) is 31.3 Å². The van der Waals surface area contributed by atoms with Crippen molar-refractivity contribution < 1.29 is 8.78 Å². The largest absolute Gasteiger partial charge is 0.317 e. The molecule has 0 spiro atoms. The molecule has 2 nitrogen and oxygen atoms in total. The van der Waals surface area contributed by atoms with E-state index in [1.54, 1.807) is 9.24 Å². The lowest BCUT2D eigenvalue weighted by Crippen LogP contribution is -2.55. The van der Waals surface area contributed by atoms with Crippen LogP contribution in [0.4, 0.5) is 8.78 Å². The molecule has 1 rings (SSSR count). The van der Waals surface area contributed by atoms with Gasteiger partial charge in [0.15, 0.2) is 0 Å². The van der Waals surface area contributed by atoms with Gasteiger partial charge in [-0.15, -0.1) is 0 Å². The average molecular weight is 210 g/mol. The second-order valence-electron chi connectivity index (χ2n) is 3.74. The number of piperidine rings is 1. The molecular weight excluding hydrogens is 193 g/mol. The Morgan fingerprint density at radius 2 is 2.15 bits per heavy atom. The average Bonchev–Trinajstić information content (AvgIpc) is 2.03. The van der Waals surface area contributed by atoms with Crippen molar-refractivity contribution in [3.05, 3.63) is 0 Å². The number of alkyl halides is 2. The Labute approximate surface area is 80.0 Å². The summed E-state index contributed by atoms with van der Waals surface area (Å²) >= 11 is 0. The zero-order valence-electron chi connectivity index (χ0n) is 7.98. The number of halogens is 2. The fraction of sp³-hybridized carbons (Fsp3) is 1.00. The first-order chi connectivity index (χ1) is 5.95. The second kappa shape index (κ2) is 4.16. The summed E-state index contributed by atoms with van der Waals surface area (Å²) in [7, 11) is 3.43. The smallest absolute Gasteiger partial charge is 0.273 e. The van der Waals surface area contributed by atoms with E-state index in [0.717, 1.165) is 0 Å². The van der Waals surface area contributed by atoms with E-state index in [1.807, 2.05) is 7.05 Å². The molecule has 1 fully saturated rings. The van der Waals surface area contributed by atoms with Crippen LogP contribution in [0.15, 0.2) is 0 Å². The van der Waals surface area contributed by atoms with Gasteiger partial charge in [-0.2, -0.15) is 0 Å². The van der Waals surface area contributed by atoms with Crippen molar-refractivity contribution in [3.63, 3.8) is 0 Å². The molecule has 1 saturated heterocycles. The summed E-state index contributed by atoms with van der Waals surface area (Å²) < 4.78 is 25.8. The Morgan fingerprint density at radius 3 is 2.62 bits per heavy atom. The first-order valence-electron chi connectivity index (χ1n) is 4.52. The Morgan fingerprint density at radius 1 is 1.54 bits per heavy atom. The highest BCUT2D eigenvalue weighted by Crippen LogP contribution is 2.32. The normalized spacial score (nSPS) is 36.2. The highest BCUT2D eigenvalue weighted by atomic mass is 31.0. The predicted octanol–water partition coefficient (Wildman–Crippen LogP) is 1.04. The van der Waals surface area contributed by atoms with Crippen molar-refractivity contribution in [3.8, 4) is 0 Å². The van der Waals surface area contributed by atoms with E-state index in [-0.39, 0.29) is 6.04 Å². The summed E-state index contributed by atoms with van der Waals surface area (Å²) in [5.74, 6) is 0.411. The minimum absolute atomic E-state index is 0.192. The van der Waals surface area contributed by atoms with Crippen molar-refractivity contribution in [2.24, 2.45) is 5.92 Å². The third kappa shape index (κ3) is 2.83. The van der Waals surface area contributed by atoms with Crippen LogP contribution in [0, 0.1) is 5.92 Å². The maximum absolute atomic E-state index is 12.9. The van der Waals surface area contributed by atoms with Crippen molar-refractivity contribution in [1.29, 1.82) is 0 Å². The van der Waals surface area contributed by atoms with Gasteiger partial charge in [-0.25, -0.2) is 8.78 Å². The van der Waals surface area contributed by atoms with E-state index in [9.17, 15) is 8.78 Å². The molecule has 0 aromatic carbocycles. The quantitative estimate of drug-likeness (QED) is 0.665. The van der Waals surface area contributed by atoms with E-state index < -0.39 is 11.7 Å². The fourth-order valence-electron chi connectivity index (χ4n) is 1.74. The lowest BCUT2D eigenvalue weighted by Gasteiger charge is -2.37. The van der Waals surface area contributed by atoms with Crippen LogP contribution in [0.5, 0.6) is 0 Å². The van der Waals surface area contributed by atoms with Gasteiger partial charge < -0.3 is 10.6 Å². The van der Waals surface area contributed by atoms with E-state index in [0.29, 0.717) is 18.9 Å². The topological polar surface area (TPSA) is 24.1 Å². The van der Waals surface area contributed by atoms with Crippen LogP contribution in [-0.2, 0) is 0 Å². The van der Waals surface area contributed by atoms with E-state index in [1.165, 1.54) is 0 Å². The maximum atomic E-state index is 12.9. The predicted molar refractivity (Wildman–Crippen MR) is 53.1 cm³/mol. The van der Waals surface area contributed by atoms with Gasteiger partial charge >= 0.3 is 0 Å². The summed E-state index contributed by atoms with van der Waals surface area (Å²) in [4.78, 5) is 0. The van der Waals surface area contributed by atoms with Gasteiger partial charge in [-0.1, -0.05) is 16.2 Å². The summed E-state index contributed by atoms with van der Waals surface area (Å²) in [6, 6.07) is -0.524. The molecule has 0 aromatic heterocycles. The van der Waals surface area contributed by atoms with Gasteiger partial charge in [0.25, 0.3) is 5.66 Å². The molecule has 0 radical (unpaired) electrons. The van der Waals surface area contributed by atoms with Gasteiger partial charge in [0, 0.05) is 6.04 Å². The van der Waals surface area contributed by atoms with Crippen molar-refractivity contribution in [2.75, 3.05) is 13.6 Å². The summed E-state index contributed by atoms with van der Waals surface area (Å²) in [6.45, 7) is 2.71. The zero-order valence-corrected chi connectivity index (χ0v) is 9.13. The Hall–Kier alpha value is 0.210. The minimum atomic E-state index is -2.70. The Balaban J connectivity index is 2.55. The lowest BCUT2D eigenvalue weighted by atomic mass is 9.91. The monoisotopic (exact) mass is 210 g/mol. The zero-order chi connectivity index (χ0) is 10.1. The molecule has 0 saturated carbocycles. The molecule has 1 aliphatic rings. The third-order valence-corrected chi connectivity index (χ3v) is 3.10. The molecular formula is C8H17F2N2P. The van der Waals surface area contributed by atoms with Crippen molar-refractivity contribution in [1.82, 2.24) is 10.6 Å². The summed E-state index contributed by atoms with van der Waals surface area (Å²) in [5.41, 5.74) is -2.70. The molecule has 78 valence electrons. The van der Waals surface area contributed by atoms with E-state index in [4.69, 9.17) is 0 Å². The van der Waals surface area contributed by atoms with Crippen LogP contribution >= 0.6 is 9.24 Å². The van der Waals surface area contributed by atoms with Gasteiger partial charge in [0.1, 0.15) is 0 Å². The van der Waals surface area contributed by atoms with E-state index in [2.05, 4.69) is 17.6 Å². The molecule has 0 amide bonds. The molecule has 1 heterocycles. The van der Waals surface area contributed by atoms with Crippen molar-refractivity contribution in [2.45, 2.75) is 31.1 Å². The SMILES string of the molecule is CNC1CC(C(F)(F)P)NCC1C. The lowest BCUT2D eigenvalue weighted by molar-refractivity contribution is 0.0330. The first-order valence-corrected chi connectivity index (χ1v) is 5.10. The van der Waals surface area contributed by atoms with Gasteiger partial charge in [-0.05, 0) is 25.9 Å². The highest BCUT2D eigenvalue weighted by molar-refractivity contribution is 7.18. The molecule has 0 bridgehead atoms. The molecule has 0 aliphatic carbocycles. The summed E-state index contributed by atoms with van der Waals surface area (Å²) in [6.07, 6.45) is 0.480. The van der Waals surface area contributed by atoms with Crippen molar-refractivity contribution >= 4 is 9.24 Å². The molecule has 5 heteroatoms. The molecule has 4 unspecified atom stereocenters. The molecule has 0 aromatic rings. The molecule has 1 aliphatic heterocycles. The standard InChI is InChI=1S/C8H17F2N2P/c1-5-4-12-7(8(9,10)13)3-6(5)11-2/h5-7,11-12H,3-4,13H2,1-2H3. The molecule has 4 atom stereocenters. The first kappa shape index (κ1) is 11.3. The molecule has 13 heavy (non-hydrogen) atoms. The Bertz CT molecular complexity index is 172. The third-order valence-electron chi connectivity index (χ3n) is 2.70. The number of rotatable bonds is 2. The van der Waals surface area contributed by atoms with Crippen LogP contribution < -0.4 is 10.6 Å². The van der Waals surface area contributed by atoms with E-state index >= 15 is 0 Å². The summed E-state index contributed by atoms with van der Waals surface area (Å²) in [5, 5.41) is 5.94. The number of nitrogens with one attached hydrogen (secondary N) is 2. The van der Waals surface area contributed by atoms with Gasteiger partial charge in [0.2, 0.25) is 0 Å². The maximum Gasteiger partial charge on any atom is 0.273 e. The Kier molecular flexibility index (Phi) is 3.61. The number of hydrogen-bond acceptors (Lipinski definition) is 2. The van der Waals surface area contributed by atoms with Crippen LogP contribution in [0.3, 0.4) is 0 Å². The highest BCUT2D eigenvalue weighted by Gasteiger charge is 2.39. The van der Waals surface area contributed by atoms with Crippen LogP contribution in [0.25, 0.3) is 0 Å². The number of hydrogen-bond donors (Lipinski definition) is 2. The van der Waals surface area contributed by atoms with Crippen LogP contribution in [0.2, 0.25) is 0 Å². The minimum Gasteiger partial charge on any atom is -0.317 e. The van der Waals surface area contributed by atoms with Crippen LogP contribution in [0.1, 0.15) is 13.3 Å². The van der Waals surface area contributed by atoms with Gasteiger partial charge in [-0.3, -0.25) is 0 Å². The van der Waals surface area contributed by atoms with Gasteiger partial charge in [0.05, 0.1) is 6.04 Å².